The van der Waals surface area contributed by atoms with Crippen LogP contribution >= 0.6 is 0 Å². The van der Waals surface area contributed by atoms with E-state index in [4.69, 9.17) is 0 Å². The van der Waals surface area contributed by atoms with E-state index in [1.165, 1.54) is 39.0 Å². The molecule has 0 radical (unpaired) electrons. The second-order valence-electron chi connectivity index (χ2n) is 5.79. The summed E-state index contributed by atoms with van der Waals surface area (Å²) < 4.78 is 0. The highest BCUT2D eigenvalue weighted by Gasteiger charge is 2.34. The Labute approximate surface area is 94.4 Å². The topological polar surface area (TPSA) is 15.3 Å². The first kappa shape index (κ1) is 11.4. The predicted octanol–water partition coefficient (Wildman–Crippen LogP) is 1.96. The van der Waals surface area contributed by atoms with Crippen LogP contribution in [0.5, 0.6) is 0 Å². The Morgan fingerprint density at radius 3 is 2.60 bits per heavy atom. The van der Waals surface area contributed by atoms with Gasteiger partial charge in [0.25, 0.3) is 0 Å². The van der Waals surface area contributed by atoms with Crippen molar-refractivity contribution in [2.75, 3.05) is 26.2 Å². The molecular weight excluding hydrogens is 184 g/mol. The number of nitrogens with zero attached hydrogens (tertiary/aromatic N) is 1. The second-order valence-corrected chi connectivity index (χ2v) is 5.79. The van der Waals surface area contributed by atoms with E-state index in [0.29, 0.717) is 0 Å². The molecule has 88 valence electrons. The lowest BCUT2D eigenvalue weighted by Gasteiger charge is -2.32. The quantitative estimate of drug-likeness (QED) is 0.712. The SMILES string of the molecule is CC1CNCCN(C2CCC(C)C2C)C1. The zero-order valence-corrected chi connectivity index (χ0v) is 10.5. The first-order valence-electron chi connectivity index (χ1n) is 6.63. The van der Waals surface area contributed by atoms with Gasteiger partial charge in [-0.2, -0.15) is 0 Å². The molecule has 4 unspecified atom stereocenters. The fourth-order valence-electron chi connectivity index (χ4n) is 3.28. The lowest BCUT2D eigenvalue weighted by atomic mass is 9.96. The van der Waals surface area contributed by atoms with E-state index in [-0.39, 0.29) is 0 Å². The summed E-state index contributed by atoms with van der Waals surface area (Å²) in [4.78, 5) is 2.75. The van der Waals surface area contributed by atoms with Crippen molar-refractivity contribution < 1.29 is 0 Å². The Hall–Kier alpha value is -0.0800. The smallest absolute Gasteiger partial charge is 0.0124 e. The Kier molecular flexibility index (Phi) is 3.68. The average Bonchev–Trinajstić information content (AvgIpc) is 2.42. The molecule has 1 aliphatic carbocycles. The molecule has 0 aromatic rings. The maximum absolute atomic E-state index is 3.53. The van der Waals surface area contributed by atoms with Crippen LogP contribution in [0.15, 0.2) is 0 Å². The van der Waals surface area contributed by atoms with Crippen molar-refractivity contribution in [3.8, 4) is 0 Å². The molecule has 2 nitrogen and oxygen atoms in total. The summed E-state index contributed by atoms with van der Waals surface area (Å²) in [7, 11) is 0. The van der Waals surface area contributed by atoms with E-state index in [2.05, 4.69) is 31.0 Å². The Bertz CT molecular complexity index is 205. The van der Waals surface area contributed by atoms with Gasteiger partial charge in [0.2, 0.25) is 0 Å². The maximum Gasteiger partial charge on any atom is 0.0124 e. The van der Waals surface area contributed by atoms with E-state index in [1.807, 2.05) is 0 Å². The zero-order valence-electron chi connectivity index (χ0n) is 10.5. The van der Waals surface area contributed by atoms with Gasteiger partial charge in [0.1, 0.15) is 0 Å². The zero-order chi connectivity index (χ0) is 10.8. The molecule has 1 heterocycles. The van der Waals surface area contributed by atoms with Gasteiger partial charge in [-0.1, -0.05) is 20.8 Å². The second kappa shape index (κ2) is 4.84. The summed E-state index contributed by atoms with van der Waals surface area (Å²) in [6.07, 6.45) is 2.86. The van der Waals surface area contributed by atoms with Crippen molar-refractivity contribution in [2.24, 2.45) is 17.8 Å². The van der Waals surface area contributed by atoms with Gasteiger partial charge in [-0.05, 0) is 37.1 Å². The summed E-state index contributed by atoms with van der Waals surface area (Å²) in [5.74, 6) is 2.65. The minimum Gasteiger partial charge on any atom is -0.315 e. The van der Waals surface area contributed by atoms with Crippen molar-refractivity contribution in [2.45, 2.75) is 39.7 Å². The van der Waals surface area contributed by atoms with E-state index in [0.717, 1.165) is 23.8 Å². The van der Waals surface area contributed by atoms with Crippen LogP contribution in [0.25, 0.3) is 0 Å². The fourth-order valence-corrected chi connectivity index (χ4v) is 3.28. The number of rotatable bonds is 1. The van der Waals surface area contributed by atoms with Gasteiger partial charge in [0, 0.05) is 25.7 Å². The molecule has 1 N–H and O–H groups in total. The van der Waals surface area contributed by atoms with Gasteiger partial charge in [-0.3, -0.25) is 4.90 Å². The molecule has 0 aromatic carbocycles. The predicted molar refractivity (Wildman–Crippen MR) is 65.0 cm³/mol. The fraction of sp³-hybridized carbons (Fsp3) is 1.00. The minimum absolute atomic E-state index is 0.815. The summed E-state index contributed by atoms with van der Waals surface area (Å²) in [5, 5.41) is 3.53. The molecule has 2 fully saturated rings. The third kappa shape index (κ3) is 2.54. The van der Waals surface area contributed by atoms with Crippen LogP contribution in [0, 0.1) is 17.8 Å². The van der Waals surface area contributed by atoms with Crippen LogP contribution in [0.3, 0.4) is 0 Å². The van der Waals surface area contributed by atoms with Gasteiger partial charge in [-0.25, -0.2) is 0 Å². The third-order valence-electron chi connectivity index (χ3n) is 4.51. The van der Waals surface area contributed by atoms with Gasteiger partial charge < -0.3 is 5.32 Å². The highest BCUT2D eigenvalue weighted by atomic mass is 15.2. The van der Waals surface area contributed by atoms with Crippen molar-refractivity contribution in [3.63, 3.8) is 0 Å². The number of hydrogen-bond acceptors (Lipinski definition) is 2. The monoisotopic (exact) mass is 210 g/mol. The van der Waals surface area contributed by atoms with Crippen LogP contribution in [0.4, 0.5) is 0 Å². The molecule has 0 spiro atoms. The third-order valence-corrected chi connectivity index (χ3v) is 4.51. The molecule has 0 bridgehead atoms. The molecule has 0 amide bonds. The lowest BCUT2D eigenvalue weighted by Crippen LogP contribution is -2.41. The molecule has 2 aliphatic rings. The van der Waals surface area contributed by atoms with E-state index in [9.17, 15) is 0 Å². The van der Waals surface area contributed by atoms with Gasteiger partial charge in [0.15, 0.2) is 0 Å². The van der Waals surface area contributed by atoms with E-state index >= 15 is 0 Å². The largest absolute Gasteiger partial charge is 0.315 e. The van der Waals surface area contributed by atoms with Crippen molar-refractivity contribution >= 4 is 0 Å². The highest BCUT2D eigenvalue weighted by Crippen LogP contribution is 2.34. The first-order chi connectivity index (χ1) is 7.18. The summed E-state index contributed by atoms with van der Waals surface area (Å²) in [5.41, 5.74) is 0. The molecule has 2 heteroatoms. The number of nitrogens with one attached hydrogen (secondary N) is 1. The lowest BCUT2D eigenvalue weighted by molar-refractivity contribution is 0.152. The van der Waals surface area contributed by atoms with Gasteiger partial charge in [0.05, 0.1) is 0 Å². The first-order valence-corrected chi connectivity index (χ1v) is 6.63. The molecule has 4 atom stereocenters. The van der Waals surface area contributed by atoms with Crippen LogP contribution in [0.1, 0.15) is 33.6 Å². The van der Waals surface area contributed by atoms with Crippen LogP contribution in [-0.2, 0) is 0 Å². The van der Waals surface area contributed by atoms with Crippen molar-refractivity contribution in [3.05, 3.63) is 0 Å². The van der Waals surface area contributed by atoms with Crippen molar-refractivity contribution in [1.82, 2.24) is 10.2 Å². The standard InChI is InChI=1S/C13H26N2/c1-10-8-14-6-7-15(9-10)13-5-4-11(2)12(13)3/h10-14H,4-9H2,1-3H3. The Balaban J connectivity index is 1.96. The molecule has 15 heavy (non-hydrogen) atoms. The number of hydrogen-bond donors (Lipinski definition) is 1. The van der Waals surface area contributed by atoms with Gasteiger partial charge >= 0.3 is 0 Å². The molecule has 1 saturated carbocycles. The molecule has 0 aromatic heterocycles. The van der Waals surface area contributed by atoms with Crippen molar-refractivity contribution in [1.29, 1.82) is 0 Å². The molecule has 1 saturated heterocycles. The van der Waals surface area contributed by atoms with Crippen LogP contribution in [-0.4, -0.2) is 37.1 Å². The molecule has 2 rings (SSSR count). The molecule has 1 aliphatic heterocycles. The molecular formula is C13H26N2. The van der Waals surface area contributed by atoms with Crippen LogP contribution in [0.2, 0.25) is 0 Å². The normalized spacial score (nSPS) is 44.2. The Morgan fingerprint density at radius 2 is 1.93 bits per heavy atom. The van der Waals surface area contributed by atoms with Crippen LogP contribution < -0.4 is 5.32 Å². The van der Waals surface area contributed by atoms with E-state index in [1.54, 1.807) is 0 Å². The maximum atomic E-state index is 3.53. The summed E-state index contributed by atoms with van der Waals surface area (Å²) >= 11 is 0. The van der Waals surface area contributed by atoms with Gasteiger partial charge in [-0.15, -0.1) is 0 Å². The average molecular weight is 210 g/mol. The summed E-state index contributed by atoms with van der Waals surface area (Å²) in [6, 6.07) is 0.863. The highest BCUT2D eigenvalue weighted by molar-refractivity contribution is 4.88. The minimum atomic E-state index is 0.815. The Morgan fingerprint density at radius 1 is 1.13 bits per heavy atom. The van der Waals surface area contributed by atoms with E-state index < -0.39 is 0 Å². The summed E-state index contributed by atoms with van der Waals surface area (Å²) in [6.45, 7) is 12.2.